The van der Waals surface area contributed by atoms with Gasteiger partial charge in [0.15, 0.2) is 0 Å². The molecule has 0 aliphatic carbocycles. The fourth-order valence-electron chi connectivity index (χ4n) is 4.16. The van der Waals surface area contributed by atoms with E-state index in [0.29, 0.717) is 6.73 Å². The smallest absolute Gasteiger partial charge is 0.136 e. The summed E-state index contributed by atoms with van der Waals surface area (Å²) in [4.78, 5) is 9.76. The Bertz CT molecular complexity index is 1250. The van der Waals surface area contributed by atoms with Gasteiger partial charge in [0.1, 0.15) is 18.4 Å². The van der Waals surface area contributed by atoms with Crippen LogP contribution in [0.25, 0.3) is 43.6 Å². The van der Waals surface area contributed by atoms with Crippen LogP contribution in [0.1, 0.15) is 0 Å². The van der Waals surface area contributed by atoms with Crippen LogP contribution in [0.2, 0.25) is 0 Å². The Balaban J connectivity index is 2.17. The third-order valence-electron chi connectivity index (χ3n) is 5.25. The molecule has 3 heterocycles. The Kier molecular flexibility index (Phi) is 3.80. The molecule has 5 rings (SSSR count). The minimum absolute atomic E-state index is 0.439. The molecule has 5 aromatic rings. The molecule has 140 valence electrons. The number of hydrogen-bond donors (Lipinski definition) is 2. The van der Waals surface area contributed by atoms with Gasteiger partial charge >= 0.3 is 0 Å². The molecule has 28 heavy (non-hydrogen) atoms. The minimum atomic E-state index is 0.439. The molecule has 0 saturated heterocycles. The van der Waals surface area contributed by atoms with E-state index >= 15 is 0 Å². The Morgan fingerprint density at radius 1 is 0.786 bits per heavy atom. The standard InChI is InChI=1S/C22H21N5O/c1-23-21-17-18-20(14-9-5-7-11-16(14)26-22(18)24-2)27(12-28-3)19(17)13-8-4-6-10-15(13)25-21/h4-11H,12H2,1-3H3,(H,23,25)(H,24,26). The van der Waals surface area contributed by atoms with E-state index in [4.69, 9.17) is 14.7 Å². The van der Waals surface area contributed by atoms with Crippen LogP contribution in [0.15, 0.2) is 48.5 Å². The van der Waals surface area contributed by atoms with Gasteiger partial charge in [0.25, 0.3) is 0 Å². The molecule has 0 aliphatic heterocycles. The van der Waals surface area contributed by atoms with Crippen molar-refractivity contribution in [3.05, 3.63) is 48.5 Å². The summed E-state index contributed by atoms with van der Waals surface area (Å²) in [7, 11) is 5.54. The molecule has 0 bridgehead atoms. The Labute approximate surface area is 162 Å². The molecule has 2 N–H and O–H groups in total. The van der Waals surface area contributed by atoms with Crippen LogP contribution in [0.4, 0.5) is 11.6 Å². The van der Waals surface area contributed by atoms with Gasteiger partial charge in [0.05, 0.1) is 32.8 Å². The van der Waals surface area contributed by atoms with Crippen LogP contribution in [-0.4, -0.2) is 35.7 Å². The van der Waals surface area contributed by atoms with E-state index in [1.54, 1.807) is 7.11 Å². The highest BCUT2D eigenvalue weighted by Gasteiger charge is 2.22. The molecule has 0 atom stereocenters. The Hall–Kier alpha value is -3.38. The number of para-hydroxylation sites is 2. The van der Waals surface area contributed by atoms with Crippen LogP contribution >= 0.6 is 0 Å². The summed E-state index contributed by atoms with van der Waals surface area (Å²) < 4.78 is 7.87. The van der Waals surface area contributed by atoms with E-state index in [1.165, 1.54) is 0 Å². The predicted octanol–water partition coefficient (Wildman–Crippen LogP) is 4.58. The lowest BCUT2D eigenvalue weighted by atomic mass is 10.1. The number of fused-ring (bicyclic) bond motifs is 7. The highest BCUT2D eigenvalue weighted by Crippen LogP contribution is 2.42. The number of pyridine rings is 2. The van der Waals surface area contributed by atoms with Crippen LogP contribution < -0.4 is 10.6 Å². The minimum Gasteiger partial charge on any atom is -0.373 e. The number of rotatable bonds is 4. The van der Waals surface area contributed by atoms with Crippen LogP contribution in [0.3, 0.4) is 0 Å². The summed E-state index contributed by atoms with van der Waals surface area (Å²) in [6, 6.07) is 16.4. The van der Waals surface area contributed by atoms with Crippen molar-refractivity contribution in [3.8, 4) is 0 Å². The average molecular weight is 371 g/mol. The maximum absolute atomic E-state index is 5.63. The lowest BCUT2D eigenvalue weighted by molar-refractivity contribution is 0.138. The van der Waals surface area contributed by atoms with Crippen molar-refractivity contribution in [2.45, 2.75) is 6.73 Å². The van der Waals surface area contributed by atoms with E-state index in [2.05, 4.69) is 27.3 Å². The van der Waals surface area contributed by atoms with E-state index in [9.17, 15) is 0 Å². The Morgan fingerprint density at radius 3 is 1.68 bits per heavy atom. The van der Waals surface area contributed by atoms with Crippen molar-refractivity contribution in [2.75, 3.05) is 31.8 Å². The first kappa shape index (κ1) is 16.8. The number of ether oxygens (including phenoxy) is 1. The van der Waals surface area contributed by atoms with Crippen molar-refractivity contribution in [3.63, 3.8) is 0 Å². The van der Waals surface area contributed by atoms with E-state index < -0.39 is 0 Å². The normalized spacial score (nSPS) is 11.7. The zero-order chi connectivity index (χ0) is 19.3. The molecule has 6 heteroatoms. The van der Waals surface area contributed by atoms with E-state index in [1.807, 2.05) is 50.5 Å². The number of anilines is 2. The van der Waals surface area contributed by atoms with Gasteiger partial charge in [-0.25, -0.2) is 9.97 Å². The lowest BCUT2D eigenvalue weighted by Crippen LogP contribution is -2.02. The van der Waals surface area contributed by atoms with Crippen LogP contribution in [0.5, 0.6) is 0 Å². The van der Waals surface area contributed by atoms with Gasteiger partial charge < -0.3 is 19.9 Å². The monoisotopic (exact) mass is 371 g/mol. The molecule has 0 saturated carbocycles. The first-order valence-electron chi connectivity index (χ1n) is 9.26. The van der Waals surface area contributed by atoms with Crippen LogP contribution in [-0.2, 0) is 11.5 Å². The number of benzene rings is 2. The van der Waals surface area contributed by atoms with Gasteiger partial charge in [-0.05, 0) is 12.1 Å². The third-order valence-corrected chi connectivity index (χ3v) is 5.25. The predicted molar refractivity (Wildman–Crippen MR) is 116 cm³/mol. The van der Waals surface area contributed by atoms with Gasteiger partial charge in [0.2, 0.25) is 0 Å². The quantitative estimate of drug-likeness (QED) is 0.484. The highest BCUT2D eigenvalue weighted by molar-refractivity contribution is 6.28. The number of hydrogen-bond acceptors (Lipinski definition) is 5. The van der Waals surface area contributed by atoms with E-state index in [0.717, 1.165) is 55.2 Å². The lowest BCUT2D eigenvalue weighted by Gasteiger charge is -2.10. The summed E-state index contributed by atoms with van der Waals surface area (Å²) in [6.45, 7) is 0.439. The Morgan fingerprint density at radius 2 is 1.25 bits per heavy atom. The summed E-state index contributed by atoms with van der Waals surface area (Å²) >= 11 is 0. The number of methoxy groups -OCH3 is 1. The molecule has 6 nitrogen and oxygen atoms in total. The molecule has 0 unspecified atom stereocenters. The first-order valence-corrected chi connectivity index (χ1v) is 9.26. The van der Waals surface area contributed by atoms with Gasteiger partial charge in [-0.15, -0.1) is 0 Å². The zero-order valence-corrected chi connectivity index (χ0v) is 16.1. The van der Waals surface area contributed by atoms with Crippen molar-refractivity contribution in [1.29, 1.82) is 0 Å². The fourth-order valence-corrected chi connectivity index (χ4v) is 4.16. The zero-order valence-electron chi connectivity index (χ0n) is 16.1. The van der Waals surface area contributed by atoms with Crippen molar-refractivity contribution < 1.29 is 4.74 Å². The molecule has 0 aliphatic rings. The molecule has 0 spiro atoms. The topological polar surface area (TPSA) is 64.0 Å². The molecule has 2 aromatic carbocycles. The number of nitrogens with zero attached hydrogens (tertiary/aromatic N) is 3. The summed E-state index contributed by atoms with van der Waals surface area (Å²) in [5.74, 6) is 1.67. The second kappa shape index (κ2) is 6.35. The van der Waals surface area contributed by atoms with Gasteiger partial charge in [0, 0.05) is 32.0 Å². The van der Waals surface area contributed by atoms with Crippen molar-refractivity contribution in [1.82, 2.24) is 14.5 Å². The second-order valence-corrected chi connectivity index (χ2v) is 6.75. The second-order valence-electron chi connectivity index (χ2n) is 6.75. The summed E-state index contributed by atoms with van der Waals surface area (Å²) in [5, 5.41) is 10.9. The van der Waals surface area contributed by atoms with Gasteiger partial charge in [-0.2, -0.15) is 0 Å². The third kappa shape index (κ3) is 2.18. The molecule has 0 radical (unpaired) electrons. The summed E-state index contributed by atoms with van der Waals surface area (Å²) in [5.41, 5.74) is 4.09. The van der Waals surface area contributed by atoms with Gasteiger partial charge in [-0.3, -0.25) is 0 Å². The number of nitrogens with one attached hydrogen (secondary N) is 2. The maximum Gasteiger partial charge on any atom is 0.136 e. The van der Waals surface area contributed by atoms with E-state index in [-0.39, 0.29) is 0 Å². The SMILES string of the molecule is CNc1nc2ccccc2c2c1c1c(NC)nc3ccccc3c1n2COC. The largest absolute Gasteiger partial charge is 0.373 e. The van der Waals surface area contributed by atoms with Crippen molar-refractivity contribution >= 4 is 55.2 Å². The first-order chi connectivity index (χ1) is 13.8. The molecular weight excluding hydrogens is 350 g/mol. The summed E-state index contributed by atoms with van der Waals surface area (Å²) in [6.07, 6.45) is 0. The molecule has 0 fully saturated rings. The number of aromatic nitrogens is 3. The fraction of sp³-hybridized carbons (Fsp3) is 0.182. The average Bonchev–Trinajstić information content (AvgIpc) is 3.09. The molecule has 0 amide bonds. The van der Waals surface area contributed by atoms with Crippen molar-refractivity contribution in [2.24, 2.45) is 0 Å². The van der Waals surface area contributed by atoms with Gasteiger partial charge in [-0.1, -0.05) is 36.4 Å². The highest BCUT2D eigenvalue weighted by atomic mass is 16.5. The molecule has 3 aromatic heterocycles. The van der Waals surface area contributed by atoms with Crippen LogP contribution in [0, 0.1) is 0 Å². The molecular formula is C22H21N5O. The maximum atomic E-state index is 5.63.